The molecule has 0 spiro atoms. The Hall–Kier alpha value is -1.03. The van der Waals surface area contributed by atoms with E-state index in [1.54, 1.807) is 30.8 Å². The smallest absolute Gasteiger partial charge is 0.208 e. The molecule has 20 heavy (non-hydrogen) atoms. The van der Waals surface area contributed by atoms with Crippen LogP contribution in [0.5, 0.6) is 0 Å². The number of sulfonamides is 1. The van der Waals surface area contributed by atoms with Crippen LogP contribution < -0.4 is 4.72 Å². The van der Waals surface area contributed by atoms with Crippen molar-refractivity contribution in [2.75, 3.05) is 11.5 Å². The average molecular weight is 312 g/mol. The number of hydrogen-bond donors (Lipinski definition) is 1. The Balaban J connectivity index is 2.86. The van der Waals surface area contributed by atoms with Crippen molar-refractivity contribution >= 4 is 21.8 Å². The first kappa shape index (κ1) is 17.0. The highest BCUT2D eigenvalue weighted by atomic mass is 32.2. The van der Waals surface area contributed by atoms with E-state index in [0.717, 1.165) is 17.9 Å². The number of nitrogens with one attached hydrogen (secondary N) is 1. The van der Waals surface area contributed by atoms with E-state index >= 15 is 0 Å². The Morgan fingerprint density at radius 1 is 1.45 bits per heavy atom. The molecule has 1 atom stereocenters. The van der Waals surface area contributed by atoms with Crippen LogP contribution in [0.15, 0.2) is 23.1 Å². The van der Waals surface area contributed by atoms with Crippen molar-refractivity contribution in [2.24, 2.45) is 0 Å². The molecule has 1 unspecified atom stereocenters. The maximum absolute atomic E-state index is 12.3. The number of thioether (sulfide) groups is 1. The fourth-order valence-electron chi connectivity index (χ4n) is 1.75. The largest absolute Gasteiger partial charge is 0.241 e. The van der Waals surface area contributed by atoms with Gasteiger partial charge in [0.05, 0.1) is 16.5 Å². The fraction of sp³-hybridized carbons (Fsp3) is 0.500. The molecule has 0 heterocycles. The zero-order valence-electron chi connectivity index (χ0n) is 12.0. The molecule has 0 radical (unpaired) electrons. The number of nitrogens with zero attached hydrogens (tertiary/aromatic N) is 1. The minimum Gasteiger partial charge on any atom is -0.208 e. The standard InChI is InChI=1S/C14H20N2O2S2/c1-4-19-8-7-12(3)16-20(17,18)14-9-13(10-15)6-5-11(14)2/h5-6,9,12,16H,4,7-8H2,1-3H3. The van der Waals surface area contributed by atoms with Gasteiger partial charge in [-0.15, -0.1) is 0 Å². The SMILES string of the molecule is CCSCCC(C)NS(=O)(=O)c1cc(C#N)ccc1C. The van der Waals surface area contributed by atoms with Gasteiger partial charge in [0, 0.05) is 6.04 Å². The lowest BCUT2D eigenvalue weighted by Gasteiger charge is -2.15. The summed E-state index contributed by atoms with van der Waals surface area (Å²) in [6.07, 6.45) is 0.786. The Morgan fingerprint density at radius 2 is 2.15 bits per heavy atom. The summed E-state index contributed by atoms with van der Waals surface area (Å²) < 4.78 is 27.3. The summed E-state index contributed by atoms with van der Waals surface area (Å²) in [6.45, 7) is 5.67. The number of nitriles is 1. The van der Waals surface area contributed by atoms with Gasteiger partial charge in [-0.3, -0.25) is 0 Å². The van der Waals surface area contributed by atoms with Gasteiger partial charge < -0.3 is 0 Å². The molecule has 0 amide bonds. The van der Waals surface area contributed by atoms with E-state index in [1.807, 2.05) is 13.0 Å². The molecular formula is C14H20N2O2S2. The van der Waals surface area contributed by atoms with Gasteiger partial charge in [0.1, 0.15) is 0 Å². The lowest BCUT2D eigenvalue weighted by Crippen LogP contribution is -2.33. The summed E-state index contributed by atoms with van der Waals surface area (Å²) in [6, 6.07) is 6.55. The molecule has 6 heteroatoms. The van der Waals surface area contributed by atoms with Crippen molar-refractivity contribution in [3.8, 4) is 6.07 Å². The Bertz CT molecular complexity index is 592. The Labute approximate surface area is 125 Å². The van der Waals surface area contributed by atoms with Gasteiger partial charge in [0.2, 0.25) is 10.0 Å². The van der Waals surface area contributed by atoms with Gasteiger partial charge in [-0.1, -0.05) is 13.0 Å². The molecule has 0 saturated heterocycles. The average Bonchev–Trinajstić information content (AvgIpc) is 2.38. The van der Waals surface area contributed by atoms with E-state index in [4.69, 9.17) is 5.26 Å². The Morgan fingerprint density at radius 3 is 2.75 bits per heavy atom. The molecule has 0 bridgehead atoms. The van der Waals surface area contributed by atoms with Crippen LogP contribution in [-0.2, 0) is 10.0 Å². The predicted molar refractivity (Wildman–Crippen MR) is 83.3 cm³/mol. The molecule has 1 aromatic carbocycles. The van der Waals surface area contributed by atoms with Crippen LogP contribution in [0.25, 0.3) is 0 Å². The molecule has 1 rings (SSSR count). The molecule has 4 nitrogen and oxygen atoms in total. The molecule has 0 aliphatic rings. The lowest BCUT2D eigenvalue weighted by molar-refractivity contribution is 0.556. The third-order valence-corrected chi connectivity index (χ3v) is 5.53. The molecule has 0 fully saturated rings. The second-order valence-electron chi connectivity index (χ2n) is 4.60. The lowest BCUT2D eigenvalue weighted by atomic mass is 10.2. The molecule has 0 aliphatic heterocycles. The summed E-state index contributed by atoms with van der Waals surface area (Å²) >= 11 is 1.79. The van der Waals surface area contributed by atoms with Gasteiger partial charge in [-0.2, -0.15) is 17.0 Å². The van der Waals surface area contributed by atoms with E-state index in [-0.39, 0.29) is 10.9 Å². The van der Waals surface area contributed by atoms with Crippen molar-refractivity contribution in [1.82, 2.24) is 4.72 Å². The molecular weight excluding hydrogens is 292 g/mol. The summed E-state index contributed by atoms with van der Waals surface area (Å²) in [5.41, 5.74) is 0.997. The van der Waals surface area contributed by atoms with Gasteiger partial charge in [0.15, 0.2) is 0 Å². The summed E-state index contributed by atoms with van der Waals surface area (Å²) in [7, 11) is -3.57. The maximum atomic E-state index is 12.3. The van der Waals surface area contributed by atoms with Crippen LogP contribution in [0.1, 0.15) is 31.4 Å². The van der Waals surface area contributed by atoms with Gasteiger partial charge in [-0.05, 0) is 49.5 Å². The summed E-state index contributed by atoms with van der Waals surface area (Å²) in [5, 5.41) is 8.88. The Kier molecular flexibility index (Phi) is 6.53. The first-order chi connectivity index (χ1) is 9.40. The maximum Gasteiger partial charge on any atom is 0.241 e. The van der Waals surface area contributed by atoms with Crippen molar-refractivity contribution in [3.05, 3.63) is 29.3 Å². The predicted octanol–water partition coefficient (Wildman–Crippen LogP) is 2.68. The normalized spacial score (nSPS) is 12.9. The van der Waals surface area contributed by atoms with Crippen molar-refractivity contribution in [3.63, 3.8) is 0 Å². The molecule has 1 N–H and O–H groups in total. The van der Waals surface area contributed by atoms with Crippen LogP contribution in [-0.4, -0.2) is 26.0 Å². The first-order valence-corrected chi connectivity index (χ1v) is 9.15. The number of aryl methyl sites for hydroxylation is 1. The highest BCUT2D eigenvalue weighted by molar-refractivity contribution is 7.99. The highest BCUT2D eigenvalue weighted by Gasteiger charge is 2.19. The van der Waals surface area contributed by atoms with Crippen LogP contribution in [0.3, 0.4) is 0 Å². The third kappa shape index (κ3) is 4.82. The summed E-state index contributed by atoms with van der Waals surface area (Å²) in [4.78, 5) is 0.187. The van der Waals surface area contributed by atoms with Crippen LogP contribution >= 0.6 is 11.8 Å². The second-order valence-corrected chi connectivity index (χ2v) is 7.68. The molecule has 0 aromatic heterocycles. The van der Waals surface area contributed by atoms with E-state index in [0.29, 0.717) is 11.1 Å². The van der Waals surface area contributed by atoms with Crippen LogP contribution in [0.4, 0.5) is 0 Å². The number of rotatable bonds is 7. The topological polar surface area (TPSA) is 70.0 Å². The molecule has 0 aliphatic carbocycles. The van der Waals surface area contributed by atoms with E-state index in [9.17, 15) is 8.42 Å². The monoisotopic (exact) mass is 312 g/mol. The highest BCUT2D eigenvalue weighted by Crippen LogP contribution is 2.17. The van der Waals surface area contributed by atoms with Crippen molar-refractivity contribution in [2.45, 2.75) is 38.1 Å². The van der Waals surface area contributed by atoms with Crippen LogP contribution in [0, 0.1) is 18.3 Å². The quantitative estimate of drug-likeness (QED) is 0.786. The zero-order valence-corrected chi connectivity index (χ0v) is 13.6. The van der Waals surface area contributed by atoms with Crippen molar-refractivity contribution < 1.29 is 8.42 Å². The van der Waals surface area contributed by atoms with Gasteiger partial charge in [-0.25, -0.2) is 13.1 Å². The third-order valence-electron chi connectivity index (χ3n) is 2.86. The van der Waals surface area contributed by atoms with Crippen molar-refractivity contribution in [1.29, 1.82) is 5.26 Å². The van der Waals surface area contributed by atoms with E-state index in [2.05, 4.69) is 11.6 Å². The molecule has 0 saturated carbocycles. The van der Waals surface area contributed by atoms with Gasteiger partial charge in [0.25, 0.3) is 0 Å². The minimum atomic E-state index is -3.57. The zero-order chi connectivity index (χ0) is 15.2. The fourth-order valence-corrected chi connectivity index (χ4v) is 4.11. The van der Waals surface area contributed by atoms with E-state index < -0.39 is 10.0 Å². The summed E-state index contributed by atoms with van der Waals surface area (Å²) in [5.74, 6) is 1.96. The number of hydrogen-bond acceptors (Lipinski definition) is 4. The second kappa shape index (κ2) is 7.67. The number of benzene rings is 1. The van der Waals surface area contributed by atoms with E-state index in [1.165, 1.54) is 6.07 Å². The van der Waals surface area contributed by atoms with Gasteiger partial charge >= 0.3 is 0 Å². The van der Waals surface area contributed by atoms with Crippen LogP contribution in [0.2, 0.25) is 0 Å². The molecule has 110 valence electrons. The first-order valence-electron chi connectivity index (χ1n) is 6.51. The minimum absolute atomic E-state index is 0.121. The molecule has 1 aromatic rings.